The topological polar surface area (TPSA) is 46.6 Å². The third-order valence-corrected chi connectivity index (χ3v) is 6.40. The summed E-state index contributed by atoms with van der Waals surface area (Å²) in [5.74, 6) is -0.233. The number of amides is 2. The van der Waals surface area contributed by atoms with Crippen molar-refractivity contribution in [3.05, 3.63) is 104 Å². The van der Waals surface area contributed by atoms with Crippen LogP contribution in [0, 0.1) is 5.82 Å². The summed E-state index contributed by atoms with van der Waals surface area (Å²) in [6.07, 6.45) is 1.63. The zero-order valence-electron chi connectivity index (χ0n) is 16.6. The number of halogens is 3. The second-order valence-electron chi connectivity index (χ2n) is 7.00. The molecule has 0 spiro atoms. The number of nitrogens with zero attached hydrogens (tertiary/aromatic N) is 1. The van der Waals surface area contributed by atoms with Crippen LogP contribution >= 0.6 is 39.3 Å². The molecule has 8 heteroatoms. The van der Waals surface area contributed by atoms with Gasteiger partial charge in [0.1, 0.15) is 18.2 Å². The van der Waals surface area contributed by atoms with Gasteiger partial charge in [0.2, 0.25) is 0 Å². The van der Waals surface area contributed by atoms with Crippen molar-refractivity contribution in [1.29, 1.82) is 0 Å². The number of rotatable bonds is 6. The fourth-order valence-electron chi connectivity index (χ4n) is 3.07. The first-order valence-electron chi connectivity index (χ1n) is 9.55. The summed E-state index contributed by atoms with van der Waals surface area (Å²) in [6.45, 7) is 0.384. The summed E-state index contributed by atoms with van der Waals surface area (Å²) < 4.78 is 19.9. The molecule has 162 valence electrons. The number of imide groups is 1. The molecule has 0 bridgehead atoms. The van der Waals surface area contributed by atoms with Crippen LogP contribution in [0.5, 0.6) is 5.75 Å². The Bertz CT molecular complexity index is 1220. The third-order valence-electron chi connectivity index (χ3n) is 4.66. The number of hydrogen-bond acceptors (Lipinski definition) is 4. The maximum Gasteiger partial charge on any atom is 0.293 e. The summed E-state index contributed by atoms with van der Waals surface area (Å²) in [7, 11) is 0. The highest BCUT2D eigenvalue weighted by Crippen LogP contribution is 2.35. The fourth-order valence-corrected chi connectivity index (χ4v) is 4.42. The lowest BCUT2D eigenvalue weighted by Crippen LogP contribution is -2.27. The predicted octanol–water partition coefficient (Wildman–Crippen LogP) is 7.06. The van der Waals surface area contributed by atoms with Gasteiger partial charge in [0.15, 0.2) is 0 Å². The van der Waals surface area contributed by atoms with E-state index in [-0.39, 0.29) is 30.1 Å². The van der Waals surface area contributed by atoms with Gasteiger partial charge < -0.3 is 4.74 Å². The van der Waals surface area contributed by atoms with Crippen molar-refractivity contribution in [3.63, 3.8) is 0 Å². The zero-order chi connectivity index (χ0) is 22.7. The number of benzene rings is 3. The SMILES string of the molecule is O=C1S/C(=C\c2ccc(OCc3cccc(F)c3)c(Cl)c2)C(=O)N1Cc1ccc(Br)cc1. The minimum atomic E-state index is -0.342. The molecule has 1 aliphatic rings. The molecule has 0 radical (unpaired) electrons. The Morgan fingerprint density at radius 3 is 2.53 bits per heavy atom. The number of thioether (sulfide) groups is 1. The van der Waals surface area contributed by atoms with Gasteiger partial charge in [-0.05, 0) is 70.9 Å². The molecule has 0 aliphatic carbocycles. The van der Waals surface area contributed by atoms with E-state index in [1.165, 1.54) is 17.0 Å². The average Bonchev–Trinajstić information content (AvgIpc) is 3.02. The standard InChI is InChI=1S/C24H16BrClFNO3S/c25-18-7-4-15(5-8-18)13-28-23(29)22(32-24(28)30)12-16-6-9-21(20(26)11-16)31-14-17-2-1-3-19(27)10-17/h1-12H,13-14H2/b22-12-. The van der Waals surface area contributed by atoms with Gasteiger partial charge in [0.05, 0.1) is 16.5 Å². The van der Waals surface area contributed by atoms with Gasteiger partial charge in [-0.25, -0.2) is 4.39 Å². The van der Waals surface area contributed by atoms with Crippen LogP contribution in [-0.4, -0.2) is 16.0 Å². The molecule has 1 saturated heterocycles. The smallest absolute Gasteiger partial charge is 0.293 e. The van der Waals surface area contributed by atoms with E-state index in [2.05, 4.69) is 15.9 Å². The largest absolute Gasteiger partial charge is 0.487 e. The highest BCUT2D eigenvalue weighted by Gasteiger charge is 2.35. The highest BCUT2D eigenvalue weighted by atomic mass is 79.9. The first kappa shape index (κ1) is 22.6. The predicted molar refractivity (Wildman–Crippen MR) is 128 cm³/mol. The molecule has 0 saturated carbocycles. The van der Waals surface area contributed by atoms with Crippen LogP contribution in [0.4, 0.5) is 9.18 Å². The van der Waals surface area contributed by atoms with E-state index in [1.807, 2.05) is 24.3 Å². The van der Waals surface area contributed by atoms with Gasteiger partial charge in [-0.1, -0.05) is 57.9 Å². The van der Waals surface area contributed by atoms with Crippen LogP contribution in [0.3, 0.4) is 0 Å². The van der Waals surface area contributed by atoms with Gasteiger partial charge in [-0.15, -0.1) is 0 Å². The molecule has 32 heavy (non-hydrogen) atoms. The first-order valence-corrected chi connectivity index (χ1v) is 11.5. The van der Waals surface area contributed by atoms with Crippen LogP contribution in [0.2, 0.25) is 5.02 Å². The molecule has 3 aromatic carbocycles. The van der Waals surface area contributed by atoms with E-state index < -0.39 is 0 Å². The van der Waals surface area contributed by atoms with Gasteiger partial charge >= 0.3 is 0 Å². The van der Waals surface area contributed by atoms with Crippen LogP contribution in [0.1, 0.15) is 16.7 Å². The Morgan fingerprint density at radius 2 is 1.81 bits per heavy atom. The molecule has 1 heterocycles. The minimum Gasteiger partial charge on any atom is -0.487 e. The first-order chi connectivity index (χ1) is 15.4. The zero-order valence-corrected chi connectivity index (χ0v) is 19.7. The summed E-state index contributed by atoms with van der Waals surface area (Å²) in [5, 5.41) is 0.0366. The van der Waals surface area contributed by atoms with Crippen molar-refractivity contribution in [2.24, 2.45) is 0 Å². The van der Waals surface area contributed by atoms with Gasteiger partial charge in [-0.2, -0.15) is 0 Å². The Hall–Kier alpha value is -2.61. The average molecular weight is 533 g/mol. The lowest BCUT2D eigenvalue weighted by molar-refractivity contribution is -0.123. The molecule has 0 unspecified atom stereocenters. The third kappa shape index (κ3) is 5.41. The Balaban J connectivity index is 1.45. The van der Waals surface area contributed by atoms with Crippen LogP contribution in [0.25, 0.3) is 6.08 Å². The maximum absolute atomic E-state index is 13.3. The highest BCUT2D eigenvalue weighted by molar-refractivity contribution is 9.10. The molecule has 1 aliphatic heterocycles. The molecule has 0 N–H and O–H groups in total. The molecule has 0 atom stereocenters. The van der Waals surface area contributed by atoms with Crippen molar-refractivity contribution in [1.82, 2.24) is 4.90 Å². The van der Waals surface area contributed by atoms with E-state index in [9.17, 15) is 14.0 Å². The molecule has 4 nitrogen and oxygen atoms in total. The summed E-state index contributed by atoms with van der Waals surface area (Å²) in [5.41, 5.74) is 2.21. The molecule has 1 fully saturated rings. The summed E-state index contributed by atoms with van der Waals surface area (Å²) in [6, 6.07) is 18.7. The molecular formula is C24H16BrClFNO3S. The quantitative estimate of drug-likeness (QED) is 0.319. The second-order valence-corrected chi connectivity index (χ2v) is 9.32. The fraction of sp³-hybridized carbons (Fsp3) is 0.0833. The summed E-state index contributed by atoms with van der Waals surface area (Å²) >= 11 is 10.6. The molecular weight excluding hydrogens is 517 g/mol. The Labute approximate surface area is 202 Å². The maximum atomic E-state index is 13.3. The van der Waals surface area contributed by atoms with Gasteiger partial charge in [0, 0.05) is 4.47 Å². The minimum absolute atomic E-state index is 0.172. The van der Waals surface area contributed by atoms with Crippen molar-refractivity contribution < 1.29 is 18.7 Å². The lowest BCUT2D eigenvalue weighted by atomic mass is 10.2. The Morgan fingerprint density at radius 1 is 1.03 bits per heavy atom. The summed E-state index contributed by atoms with van der Waals surface area (Å²) in [4.78, 5) is 26.7. The monoisotopic (exact) mass is 531 g/mol. The van der Waals surface area contributed by atoms with Crippen LogP contribution in [-0.2, 0) is 17.9 Å². The van der Waals surface area contributed by atoms with Crippen molar-refractivity contribution in [3.8, 4) is 5.75 Å². The molecule has 3 aromatic rings. The van der Waals surface area contributed by atoms with Crippen molar-refractivity contribution in [2.75, 3.05) is 0 Å². The Kier molecular flexibility index (Phi) is 6.98. The molecule has 4 rings (SSSR count). The van der Waals surface area contributed by atoms with E-state index in [0.29, 0.717) is 26.8 Å². The van der Waals surface area contributed by atoms with E-state index >= 15 is 0 Å². The normalized spacial score (nSPS) is 15.0. The molecule has 2 amide bonds. The number of carbonyl (C=O) groups is 2. The van der Waals surface area contributed by atoms with E-state index in [0.717, 1.165) is 21.8 Å². The van der Waals surface area contributed by atoms with Crippen molar-refractivity contribution >= 4 is 56.5 Å². The van der Waals surface area contributed by atoms with E-state index in [4.69, 9.17) is 16.3 Å². The number of hydrogen-bond donors (Lipinski definition) is 0. The number of carbonyl (C=O) groups excluding carboxylic acids is 2. The van der Waals surface area contributed by atoms with Crippen molar-refractivity contribution in [2.45, 2.75) is 13.2 Å². The number of ether oxygens (including phenoxy) is 1. The van der Waals surface area contributed by atoms with E-state index in [1.54, 1.807) is 36.4 Å². The second kappa shape index (κ2) is 9.90. The van der Waals surface area contributed by atoms with Crippen LogP contribution < -0.4 is 4.74 Å². The lowest BCUT2D eigenvalue weighted by Gasteiger charge is -2.12. The van der Waals surface area contributed by atoms with Gasteiger partial charge in [0.25, 0.3) is 11.1 Å². The molecule has 0 aromatic heterocycles. The van der Waals surface area contributed by atoms with Crippen LogP contribution in [0.15, 0.2) is 76.1 Å². The van der Waals surface area contributed by atoms with Gasteiger partial charge in [-0.3, -0.25) is 14.5 Å².